The van der Waals surface area contributed by atoms with Crippen molar-refractivity contribution < 1.29 is 4.74 Å². The van der Waals surface area contributed by atoms with E-state index in [1.54, 1.807) is 7.11 Å². The first-order valence-electron chi connectivity index (χ1n) is 4.85. The van der Waals surface area contributed by atoms with Crippen LogP contribution in [0.2, 0.25) is 0 Å². The maximum absolute atomic E-state index is 5.14. The Morgan fingerprint density at radius 2 is 2.25 bits per heavy atom. The van der Waals surface area contributed by atoms with Crippen LogP contribution >= 0.6 is 0 Å². The maximum atomic E-state index is 5.14. The molecule has 0 amide bonds. The molecular formula is C9H18N2O. The molecule has 2 aliphatic heterocycles. The Kier molecular flexibility index (Phi) is 2.63. The van der Waals surface area contributed by atoms with E-state index >= 15 is 0 Å². The molecule has 0 bridgehead atoms. The summed E-state index contributed by atoms with van der Waals surface area (Å²) in [7, 11) is 1.78. The molecule has 0 aromatic heterocycles. The molecule has 12 heavy (non-hydrogen) atoms. The Morgan fingerprint density at radius 3 is 3.08 bits per heavy atom. The number of piperazine rings is 1. The van der Waals surface area contributed by atoms with Crippen molar-refractivity contribution in [2.75, 3.05) is 40.0 Å². The lowest BCUT2D eigenvalue weighted by atomic mass is 10.2. The molecule has 2 heterocycles. The highest BCUT2D eigenvalue weighted by Gasteiger charge is 2.29. The van der Waals surface area contributed by atoms with Crippen molar-refractivity contribution in [1.29, 1.82) is 0 Å². The van der Waals surface area contributed by atoms with Crippen LogP contribution in [0.3, 0.4) is 0 Å². The highest BCUT2D eigenvalue weighted by Crippen LogP contribution is 2.20. The molecule has 0 aliphatic carbocycles. The van der Waals surface area contributed by atoms with Gasteiger partial charge in [0.1, 0.15) is 0 Å². The van der Waals surface area contributed by atoms with Gasteiger partial charge in [-0.2, -0.15) is 0 Å². The van der Waals surface area contributed by atoms with Crippen molar-refractivity contribution in [2.24, 2.45) is 0 Å². The van der Waals surface area contributed by atoms with Gasteiger partial charge in [0.05, 0.1) is 6.73 Å². The van der Waals surface area contributed by atoms with Gasteiger partial charge >= 0.3 is 0 Å². The molecule has 0 spiro atoms. The summed E-state index contributed by atoms with van der Waals surface area (Å²) >= 11 is 0. The zero-order valence-electron chi connectivity index (χ0n) is 7.83. The summed E-state index contributed by atoms with van der Waals surface area (Å²) in [6, 6.07) is 0.828. The molecular weight excluding hydrogens is 152 g/mol. The first-order chi connectivity index (χ1) is 5.90. The van der Waals surface area contributed by atoms with E-state index in [2.05, 4.69) is 9.80 Å². The maximum Gasteiger partial charge on any atom is 0.0987 e. The van der Waals surface area contributed by atoms with Crippen LogP contribution < -0.4 is 0 Å². The molecule has 0 saturated carbocycles. The predicted octanol–water partition coefficient (Wildman–Crippen LogP) is 0.370. The van der Waals surface area contributed by atoms with Gasteiger partial charge in [-0.1, -0.05) is 0 Å². The molecule has 0 aromatic carbocycles. The van der Waals surface area contributed by atoms with Crippen LogP contribution in [0.25, 0.3) is 0 Å². The SMILES string of the molecule is COCN1CCN2CCCC2C1. The lowest BCUT2D eigenvalue weighted by molar-refractivity contribution is 0.0133. The van der Waals surface area contributed by atoms with Crippen molar-refractivity contribution in [2.45, 2.75) is 18.9 Å². The fourth-order valence-electron chi connectivity index (χ4n) is 2.36. The van der Waals surface area contributed by atoms with Crippen molar-refractivity contribution in [3.05, 3.63) is 0 Å². The Morgan fingerprint density at radius 1 is 1.33 bits per heavy atom. The van der Waals surface area contributed by atoms with E-state index in [-0.39, 0.29) is 0 Å². The molecule has 2 aliphatic rings. The van der Waals surface area contributed by atoms with Crippen molar-refractivity contribution in [3.63, 3.8) is 0 Å². The number of hydrogen-bond acceptors (Lipinski definition) is 3. The molecule has 2 rings (SSSR count). The summed E-state index contributed by atoms with van der Waals surface area (Å²) in [4.78, 5) is 5.03. The monoisotopic (exact) mass is 170 g/mol. The second kappa shape index (κ2) is 3.73. The molecule has 2 saturated heterocycles. The fraction of sp³-hybridized carbons (Fsp3) is 1.00. The number of hydrogen-bond donors (Lipinski definition) is 0. The molecule has 2 fully saturated rings. The molecule has 70 valence electrons. The second-order valence-corrected chi connectivity index (χ2v) is 3.83. The summed E-state index contributed by atoms with van der Waals surface area (Å²) in [5.74, 6) is 0. The van der Waals surface area contributed by atoms with Crippen molar-refractivity contribution in [1.82, 2.24) is 9.80 Å². The minimum absolute atomic E-state index is 0.810. The standard InChI is InChI=1S/C9H18N2O/c1-12-8-10-5-6-11-4-2-3-9(11)7-10/h9H,2-8H2,1H3. The van der Waals surface area contributed by atoms with Gasteiger partial charge in [0.2, 0.25) is 0 Å². The van der Waals surface area contributed by atoms with Crippen LogP contribution in [0.5, 0.6) is 0 Å². The van der Waals surface area contributed by atoms with E-state index in [4.69, 9.17) is 4.74 Å². The Balaban J connectivity index is 1.84. The summed E-state index contributed by atoms with van der Waals surface area (Å²) in [5.41, 5.74) is 0. The lowest BCUT2D eigenvalue weighted by Gasteiger charge is -2.36. The summed E-state index contributed by atoms with van der Waals surface area (Å²) in [5, 5.41) is 0. The van der Waals surface area contributed by atoms with E-state index in [1.165, 1.54) is 39.0 Å². The third-order valence-electron chi connectivity index (χ3n) is 2.98. The average molecular weight is 170 g/mol. The van der Waals surface area contributed by atoms with Gasteiger partial charge in [-0.05, 0) is 19.4 Å². The third kappa shape index (κ3) is 1.63. The van der Waals surface area contributed by atoms with Gasteiger partial charge in [-0.3, -0.25) is 9.80 Å². The lowest BCUT2D eigenvalue weighted by Crippen LogP contribution is -2.50. The Hall–Kier alpha value is -0.120. The smallest absolute Gasteiger partial charge is 0.0987 e. The minimum Gasteiger partial charge on any atom is -0.369 e. The van der Waals surface area contributed by atoms with Crippen molar-refractivity contribution in [3.8, 4) is 0 Å². The minimum atomic E-state index is 0.810. The first kappa shape index (κ1) is 8.48. The van der Waals surface area contributed by atoms with Gasteiger partial charge in [0.25, 0.3) is 0 Å². The third-order valence-corrected chi connectivity index (χ3v) is 2.98. The number of nitrogens with zero attached hydrogens (tertiary/aromatic N) is 2. The molecule has 3 nitrogen and oxygen atoms in total. The molecule has 0 radical (unpaired) electrons. The highest BCUT2D eigenvalue weighted by atomic mass is 16.5. The molecule has 0 N–H and O–H groups in total. The topological polar surface area (TPSA) is 15.7 Å². The van der Waals surface area contributed by atoms with Crippen LogP contribution in [0.1, 0.15) is 12.8 Å². The van der Waals surface area contributed by atoms with Gasteiger partial charge in [0, 0.05) is 32.8 Å². The normalized spacial score (nSPS) is 32.2. The first-order valence-corrected chi connectivity index (χ1v) is 4.85. The van der Waals surface area contributed by atoms with Crippen LogP contribution in [0.4, 0.5) is 0 Å². The summed E-state index contributed by atoms with van der Waals surface area (Å²) in [6.45, 7) is 5.78. The number of methoxy groups -OCH3 is 1. The van der Waals surface area contributed by atoms with E-state index in [1.807, 2.05) is 0 Å². The quantitative estimate of drug-likeness (QED) is 0.595. The van der Waals surface area contributed by atoms with E-state index in [9.17, 15) is 0 Å². The molecule has 0 aromatic rings. The number of rotatable bonds is 2. The van der Waals surface area contributed by atoms with E-state index < -0.39 is 0 Å². The zero-order chi connectivity index (χ0) is 8.39. The zero-order valence-corrected chi connectivity index (χ0v) is 7.83. The van der Waals surface area contributed by atoms with Gasteiger partial charge in [-0.25, -0.2) is 0 Å². The van der Waals surface area contributed by atoms with Crippen LogP contribution in [-0.4, -0.2) is 55.9 Å². The van der Waals surface area contributed by atoms with Gasteiger partial charge < -0.3 is 4.74 Å². The van der Waals surface area contributed by atoms with E-state index in [0.717, 1.165) is 12.8 Å². The predicted molar refractivity (Wildman–Crippen MR) is 48.0 cm³/mol. The number of ether oxygens (including phenoxy) is 1. The molecule has 1 unspecified atom stereocenters. The Labute approximate surface area is 74.3 Å². The highest BCUT2D eigenvalue weighted by molar-refractivity contribution is 4.85. The largest absolute Gasteiger partial charge is 0.369 e. The van der Waals surface area contributed by atoms with Crippen molar-refractivity contribution >= 4 is 0 Å². The van der Waals surface area contributed by atoms with E-state index in [0.29, 0.717) is 0 Å². The van der Waals surface area contributed by atoms with Crippen LogP contribution in [-0.2, 0) is 4.74 Å². The summed E-state index contributed by atoms with van der Waals surface area (Å²) < 4.78 is 5.14. The number of fused-ring (bicyclic) bond motifs is 1. The average Bonchev–Trinajstić information content (AvgIpc) is 2.51. The van der Waals surface area contributed by atoms with Gasteiger partial charge in [-0.15, -0.1) is 0 Å². The molecule has 3 heteroatoms. The van der Waals surface area contributed by atoms with Crippen LogP contribution in [0, 0.1) is 0 Å². The fourth-order valence-corrected chi connectivity index (χ4v) is 2.36. The summed E-state index contributed by atoms with van der Waals surface area (Å²) in [6.07, 6.45) is 2.78. The Bertz CT molecular complexity index is 151. The van der Waals surface area contributed by atoms with Crippen LogP contribution in [0.15, 0.2) is 0 Å². The van der Waals surface area contributed by atoms with Gasteiger partial charge in [0.15, 0.2) is 0 Å². The second-order valence-electron chi connectivity index (χ2n) is 3.83. The molecule has 1 atom stereocenters.